The number of thiazole rings is 1. The summed E-state index contributed by atoms with van der Waals surface area (Å²) in [5.74, 6) is 0. The molecule has 4 heteroatoms. The molecular formula is C15H20N2OS. The van der Waals surface area contributed by atoms with Gasteiger partial charge in [-0.05, 0) is 18.9 Å². The Kier molecular flexibility index (Phi) is 5.07. The summed E-state index contributed by atoms with van der Waals surface area (Å²) in [5, 5.41) is 3.15. The largest absolute Gasteiger partial charge is 0.371 e. The van der Waals surface area contributed by atoms with Gasteiger partial charge in [0.25, 0.3) is 0 Å². The van der Waals surface area contributed by atoms with Crippen molar-refractivity contribution in [3.8, 4) is 11.3 Å². The lowest BCUT2D eigenvalue weighted by molar-refractivity contribution is 0.0597. The Hall–Kier alpha value is -1.23. The van der Waals surface area contributed by atoms with Crippen molar-refractivity contribution in [1.29, 1.82) is 0 Å². The molecule has 102 valence electrons. The monoisotopic (exact) mass is 276 g/mol. The van der Waals surface area contributed by atoms with Crippen LogP contribution in [0.4, 0.5) is 0 Å². The molecule has 1 unspecified atom stereocenters. The minimum absolute atomic E-state index is 0.118. The van der Waals surface area contributed by atoms with E-state index in [1.54, 1.807) is 11.3 Å². The van der Waals surface area contributed by atoms with E-state index in [2.05, 4.69) is 29.4 Å². The van der Waals surface area contributed by atoms with Crippen LogP contribution in [0.3, 0.4) is 0 Å². The number of nitrogens with two attached hydrogens (primary N) is 1. The van der Waals surface area contributed by atoms with Gasteiger partial charge in [-0.15, -0.1) is 11.3 Å². The summed E-state index contributed by atoms with van der Waals surface area (Å²) in [4.78, 5) is 4.69. The molecule has 3 nitrogen and oxygen atoms in total. The number of ether oxygens (including phenoxy) is 1. The summed E-state index contributed by atoms with van der Waals surface area (Å²) in [7, 11) is 0. The first kappa shape index (κ1) is 14.2. The van der Waals surface area contributed by atoms with E-state index in [4.69, 9.17) is 10.5 Å². The molecule has 0 aliphatic rings. The zero-order valence-electron chi connectivity index (χ0n) is 11.4. The highest BCUT2D eigenvalue weighted by Crippen LogP contribution is 2.29. The standard InChI is InChI=1S/C15H20N2OS/c1-3-14(18-4-2)15-17-13(10-19-15)12-7-5-11(9-16)6-8-12/h5-8,10,14H,3-4,9,16H2,1-2H3. The van der Waals surface area contributed by atoms with Crippen LogP contribution in [0.15, 0.2) is 29.6 Å². The van der Waals surface area contributed by atoms with Crippen molar-refractivity contribution in [3.05, 3.63) is 40.2 Å². The van der Waals surface area contributed by atoms with E-state index in [9.17, 15) is 0 Å². The smallest absolute Gasteiger partial charge is 0.122 e. The van der Waals surface area contributed by atoms with E-state index in [1.807, 2.05) is 19.1 Å². The van der Waals surface area contributed by atoms with Gasteiger partial charge in [0.1, 0.15) is 11.1 Å². The van der Waals surface area contributed by atoms with Crippen LogP contribution in [0, 0.1) is 0 Å². The number of hydrogen-bond acceptors (Lipinski definition) is 4. The number of rotatable bonds is 6. The Morgan fingerprint density at radius 3 is 2.58 bits per heavy atom. The van der Waals surface area contributed by atoms with E-state index in [1.165, 1.54) is 0 Å². The van der Waals surface area contributed by atoms with Crippen LogP contribution in [-0.2, 0) is 11.3 Å². The van der Waals surface area contributed by atoms with Gasteiger partial charge in [-0.25, -0.2) is 4.98 Å². The first-order valence-electron chi connectivity index (χ1n) is 6.64. The molecule has 0 radical (unpaired) electrons. The van der Waals surface area contributed by atoms with Gasteiger partial charge in [-0.3, -0.25) is 0 Å². The Balaban J connectivity index is 2.19. The summed E-state index contributed by atoms with van der Waals surface area (Å²) < 4.78 is 5.69. The van der Waals surface area contributed by atoms with Crippen molar-refractivity contribution in [1.82, 2.24) is 4.98 Å². The van der Waals surface area contributed by atoms with E-state index in [-0.39, 0.29) is 6.10 Å². The maximum atomic E-state index is 5.69. The molecule has 0 amide bonds. The van der Waals surface area contributed by atoms with Crippen molar-refractivity contribution < 1.29 is 4.74 Å². The molecule has 0 aliphatic heterocycles. The van der Waals surface area contributed by atoms with Gasteiger partial charge in [0, 0.05) is 24.1 Å². The molecule has 0 saturated carbocycles. The summed E-state index contributed by atoms with van der Waals surface area (Å²) in [6.07, 6.45) is 1.07. The summed E-state index contributed by atoms with van der Waals surface area (Å²) >= 11 is 1.67. The lowest BCUT2D eigenvalue weighted by atomic mass is 10.1. The second-order valence-corrected chi connectivity index (χ2v) is 5.21. The number of hydrogen-bond donors (Lipinski definition) is 1. The van der Waals surface area contributed by atoms with Crippen LogP contribution in [0.1, 0.15) is 36.9 Å². The lowest BCUT2D eigenvalue weighted by Crippen LogP contribution is -2.02. The summed E-state index contributed by atoms with van der Waals surface area (Å²) in [5.41, 5.74) is 8.89. The van der Waals surface area contributed by atoms with E-state index >= 15 is 0 Å². The zero-order valence-corrected chi connectivity index (χ0v) is 12.2. The lowest BCUT2D eigenvalue weighted by Gasteiger charge is -2.11. The first-order valence-corrected chi connectivity index (χ1v) is 7.52. The van der Waals surface area contributed by atoms with Gasteiger partial charge in [0.15, 0.2) is 0 Å². The number of benzene rings is 1. The van der Waals surface area contributed by atoms with Crippen molar-refractivity contribution in [2.75, 3.05) is 6.61 Å². The fraction of sp³-hybridized carbons (Fsp3) is 0.400. The third-order valence-corrected chi connectivity index (χ3v) is 3.96. The average Bonchev–Trinajstić information content (AvgIpc) is 2.94. The second kappa shape index (κ2) is 6.80. The molecule has 2 N–H and O–H groups in total. The van der Waals surface area contributed by atoms with Gasteiger partial charge in [0.2, 0.25) is 0 Å². The molecule has 2 rings (SSSR count). The van der Waals surface area contributed by atoms with Gasteiger partial charge >= 0.3 is 0 Å². The predicted octanol–water partition coefficient (Wildman–Crippen LogP) is 3.76. The molecule has 0 bridgehead atoms. The molecule has 0 saturated heterocycles. The molecule has 1 aromatic heterocycles. The third kappa shape index (κ3) is 3.41. The molecule has 1 heterocycles. The molecule has 1 atom stereocenters. The highest BCUT2D eigenvalue weighted by atomic mass is 32.1. The van der Waals surface area contributed by atoms with Gasteiger partial charge in [-0.1, -0.05) is 31.2 Å². The Labute approximate surface area is 118 Å². The molecule has 0 fully saturated rings. The van der Waals surface area contributed by atoms with Gasteiger partial charge in [0.05, 0.1) is 5.69 Å². The maximum absolute atomic E-state index is 5.69. The first-order chi connectivity index (χ1) is 9.28. The molecule has 1 aromatic carbocycles. The molecule has 0 spiro atoms. The highest BCUT2D eigenvalue weighted by Gasteiger charge is 2.14. The fourth-order valence-corrected chi connectivity index (χ4v) is 2.90. The van der Waals surface area contributed by atoms with Crippen LogP contribution in [-0.4, -0.2) is 11.6 Å². The van der Waals surface area contributed by atoms with Crippen LogP contribution < -0.4 is 5.73 Å². The Bertz CT molecular complexity index is 507. The van der Waals surface area contributed by atoms with Gasteiger partial charge < -0.3 is 10.5 Å². The molecule has 2 aromatic rings. The predicted molar refractivity (Wildman–Crippen MR) is 80.1 cm³/mol. The van der Waals surface area contributed by atoms with E-state index < -0.39 is 0 Å². The molecule has 0 aliphatic carbocycles. The van der Waals surface area contributed by atoms with Crippen molar-refractivity contribution in [2.24, 2.45) is 5.73 Å². The fourth-order valence-electron chi connectivity index (χ4n) is 1.94. The van der Waals surface area contributed by atoms with E-state index in [0.29, 0.717) is 6.54 Å². The summed E-state index contributed by atoms with van der Waals surface area (Å²) in [6.45, 7) is 5.43. The number of aromatic nitrogens is 1. The maximum Gasteiger partial charge on any atom is 0.122 e. The average molecular weight is 276 g/mol. The quantitative estimate of drug-likeness (QED) is 0.874. The van der Waals surface area contributed by atoms with Crippen LogP contribution in [0.5, 0.6) is 0 Å². The summed E-state index contributed by atoms with van der Waals surface area (Å²) in [6, 6.07) is 8.24. The molecule has 19 heavy (non-hydrogen) atoms. The Morgan fingerprint density at radius 1 is 1.26 bits per heavy atom. The SMILES string of the molecule is CCOC(CC)c1nc(-c2ccc(CN)cc2)cs1. The van der Waals surface area contributed by atoms with Crippen LogP contribution in [0.25, 0.3) is 11.3 Å². The normalized spacial score (nSPS) is 12.6. The third-order valence-electron chi connectivity index (χ3n) is 3.02. The van der Waals surface area contributed by atoms with Crippen molar-refractivity contribution in [2.45, 2.75) is 32.9 Å². The zero-order chi connectivity index (χ0) is 13.7. The minimum atomic E-state index is 0.118. The van der Waals surface area contributed by atoms with E-state index in [0.717, 1.165) is 34.9 Å². The van der Waals surface area contributed by atoms with Crippen LogP contribution in [0.2, 0.25) is 0 Å². The van der Waals surface area contributed by atoms with Crippen molar-refractivity contribution >= 4 is 11.3 Å². The minimum Gasteiger partial charge on any atom is -0.371 e. The van der Waals surface area contributed by atoms with Crippen LogP contribution >= 0.6 is 11.3 Å². The second-order valence-electron chi connectivity index (χ2n) is 4.32. The number of nitrogens with zero attached hydrogens (tertiary/aromatic N) is 1. The highest BCUT2D eigenvalue weighted by molar-refractivity contribution is 7.10. The van der Waals surface area contributed by atoms with Crippen molar-refractivity contribution in [3.63, 3.8) is 0 Å². The Morgan fingerprint density at radius 2 is 2.00 bits per heavy atom. The molecular weight excluding hydrogens is 256 g/mol. The van der Waals surface area contributed by atoms with Gasteiger partial charge in [-0.2, -0.15) is 0 Å². The topological polar surface area (TPSA) is 48.1 Å².